The largest absolute Gasteiger partial charge is 0.311 e. The number of hydrogen-bond acceptors (Lipinski definition) is 4. The highest BCUT2D eigenvalue weighted by atomic mass is 35.7. The second-order valence-corrected chi connectivity index (χ2v) is 8.12. The van der Waals surface area contributed by atoms with E-state index in [0.717, 1.165) is 12.1 Å². The van der Waals surface area contributed by atoms with Gasteiger partial charge in [-0.05, 0) is 31.8 Å². The Morgan fingerprint density at radius 1 is 1.30 bits per heavy atom. The van der Waals surface area contributed by atoms with Gasteiger partial charge in [0.05, 0.1) is 0 Å². The van der Waals surface area contributed by atoms with Crippen molar-refractivity contribution in [3.05, 3.63) is 29.8 Å². The minimum atomic E-state index is -3.70. The minimum absolute atomic E-state index is 0.0503. The van der Waals surface area contributed by atoms with Crippen LogP contribution in [0.5, 0.6) is 0 Å². The minimum Gasteiger partial charge on any atom is -0.311 e. The molecule has 1 aromatic rings. The molecule has 1 atom stereocenters. The van der Waals surface area contributed by atoms with E-state index < -0.39 is 14.3 Å². The Bertz CT molecular complexity index is 599. The van der Waals surface area contributed by atoms with Gasteiger partial charge in [0.2, 0.25) is 15.0 Å². The number of hydrogen-bond donors (Lipinski definition) is 0. The summed E-state index contributed by atoms with van der Waals surface area (Å²) in [5.74, 6) is -0.209. The monoisotopic (exact) mass is 316 g/mol. The SMILES string of the molecule is CN(C)Cc1ccc(N2CC(S(=O)(=O)Cl)CC2=O)cc1. The summed E-state index contributed by atoms with van der Waals surface area (Å²) in [6, 6.07) is 7.54. The lowest BCUT2D eigenvalue weighted by Gasteiger charge is -2.17. The van der Waals surface area contributed by atoms with Crippen LogP contribution in [-0.4, -0.2) is 45.1 Å². The van der Waals surface area contributed by atoms with E-state index in [9.17, 15) is 13.2 Å². The predicted molar refractivity (Wildman–Crippen MR) is 79.4 cm³/mol. The molecule has 1 saturated heterocycles. The number of carbonyl (C=O) groups is 1. The van der Waals surface area contributed by atoms with Gasteiger partial charge < -0.3 is 9.80 Å². The first-order valence-corrected chi connectivity index (χ1v) is 8.62. The number of rotatable bonds is 4. The third-order valence-corrected chi connectivity index (χ3v) is 5.10. The molecule has 1 unspecified atom stereocenters. The number of carbonyl (C=O) groups excluding carboxylic acids is 1. The smallest absolute Gasteiger partial charge is 0.237 e. The molecule has 0 aliphatic carbocycles. The zero-order chi connectivity index (χ0) is 14.9. The maximum absolute atomic E-state index is 11.9. The summed E-state index contributed by atoms with van der Waals surface area (Å²) in [5, 5.41) is -0.821. The van der Waals surface area contributed by atoms with Crippen molar-refractivity contribution in [3.8, 4) is 0 Å². The molecule has 20 heavy (non-hydrogen) atoms. The van der Waals surface area contributed by atoms with Crippen LogP contribution in [0.1, 0.15) is 12.0 Å². The molecule has 1 aliphatic rings. The first-order valence-electron chi connectivity index (χ1n) is 6.25. The van der Waals surface area contributed by atoms with Crippen molar-refractivity contribution in [2.24, 2.45) is 0 Å². The van der Waals surface area contributed by atoms with Crippen molar-refractivity contribution < 1.29 is 13.2 Å². The maximum atomic E-state index is 11.9. The number of amides is 1. The molecule has 1 heterocycles. The summed E-state index contributed by atoms with van der Waals surface area (Å²) < 4.78 is 22.6. The molecule has 1 amide bonds. The van der Waals surface area contributed by atoms with Crippen LogP contribution in [0, 0.1) is 0 Å². The molecule has 0 aromatic heterocycles. The van der Waals surface area contributed by atoms with Gasteiger partial charge in [-0.25, -0.2) is 8.42 Å². The Labute approximate surface area is 123 Å². The Hall–Kier alpha value is -1.11. The van der Waals surface area contributed by atoms with Gasteiger partial charge in [-0.3, -0.25) is 4.79 Å². The lowest BCUT2D eigenvalue weighted by atomic mass is 10.2. The second-order valence-electron chi connectivity index (χ2n) is 5.21. The molecule has 0 spiro atoms. The first kappa shape index (κ1) is 15.3. The van der Waals surface area contributed by atoms with E-state index in [1.54, 1.807) is 0 Å². The summed E-state index contributed by atoms with van der Waals surface area (Å²) in [6.07, 6.45) is -0.0503. The average Bonchev–Trinajstić information content (AvgIpc) is 2.71. The fourth-order valence-electron chi connectivity index (χ4n) is 2.26. The highest BCUT2D eigenvalue weighted by Gasteiger charge is 2.37. The summed E-state index contributed by atoms with van der Waals surface area (Å²) in [6.45, 7) is 0.935. The molecule has 1 aliphatic heterocycles. The van der Waals surface area contributed by atoms with Crippen molar-refractivity contribution in [1.82, 2.24) is 4.90 Å². The standard InChI is InChI=1S/C13H17ClN2O3S/c1-15(2)8-10-3-5-11(6-4-10)16-9-12(7-13(16)17)20(14,18)19/h3-6,12H,7-9H2,1-2H3. The van der Waals surface area contributed by atoms with Gasteiger partial charge in [0.25, 0.3) is 0 Å². The van der Waals surface area contributed by atoms with Crippen LogP contribution in [0.2, 0.25) is 0 Å². The second kappa shape index (κ2) is 5.71. The summed E-state index contributed by atoms with van der Waals surface area (Å²) in [5.41, 5.74) is 1.84. The zero-order valence-corrected chi connectivity index (χ0v) is 13.0. The van der Waals surface area contributed by atoms with Gasteiger partial charge in [0, 0.05) is 35.9 Å². The van der Waals surface area contributed by atoms with Crippen molar-refractivity contribution in [2.75, 3.05) is 25.5 Å². The molecular weight excluding hydrogens is 300 g/mol. The highest BCUT2D eigenvalue weighted by Crippen LogP contribution is 2.26. The number of nitrogens with zero attached hydrogens (tertiary/aromatic N) is 2. The molecule has 0 saturated carbocycles. The van der Waals surface area contributed by atoms with E-state index in [-0.39, 0.29) is 18.9 Å². The summed E-state index contributed by atoms with van der Waals surface area (Å²) in [4.78, 5) is 15.4. The van der Waals surface area contributed by atoms with Crippen LogP contribution in [0.25, 0.3) is 0 Å². The summed E-state index contributed by atoms with van der Waals surface area (Å²) >= 11 is 0. The number of benzene rings is 1. The molecule has 0 radical (unpaired) electrons. The van der Waals surface area contributed by atoms with Crippen LogP contribution in [0.15, 0.2) is 24.3 Å². The molecular formula is C13H17ClN2O3S. The Kier molecular flexibility index (Phi) is 4.36. The van der Waals surface area contributed by atoms with Crippen LogP contribution >= 0.6 is 10.7 Å². The fraction of sp³-hybridized carbons (Fsp3) is 0.462. The first-order chi connectivity index (χ1) is 9.27. The Morgan fingerprint density at radius 3 is 2.35 bits per heavy atom. The van der Waals surface area contributed by atoms with Gasteiger partial charge >= 0.3 is 0 Å². The highest BCUT2D eigenvalue weighted by molar-refractivity contribution is 8.14. The van der Waals surface area contributed by atoms with Gasteiger partial charge in [-0.15, -0.1) is 0 Å². The number of anilines is 1. The third kappa shape index (κ3) is 3.50. The number of halogens is 1. The third-order valence-electron chi connectivity index (χ3n) is 3.23. The normalized spacial score (nSPS) is 19.9. The van der Waals surface area contributed by atoms with Crippen LogP contribution in [-0.2, 0) is 20.4 Å². The van der Waals surface area contributed by atoms with E-state index in [4.69, 9.17) is 10.7 Å². The Balaban J connectivity index is 2.14. The van der Waals surface area contributed by atoms with Gasteiger partial charge in [-0.2, -0.15) is 0 Å². The lowest BCUT2D eigenvalue weighted by Crippen LogP contribution is -2.26. The van der Waals surface area contributed by atoms with Crippen molar-refractivity contribution in [1.29, 1.82) is 0 Å². The predicted octanol–water partition coefficient (Wildman–Crippen LogP) is 1.42. The molecule has 1 fully saturated rings. The quantitative estimate of drug-likeness (QED) is 0.788. The molecule has 110 valence electrons. The topological polar surface area (TPSA) is 57.7 Å². The van der Waals surface area contributed by atoms with E-state index in [1.165, 1.54) is 4.90 Å². The lowest BCUT2D eigenvalue weighted by molar-refractivity contribution is -0.117. The van der Waals surface area contributed by atoms with Crippen molar-refractivity contribution >= 4 is 31.3 Å². The zero-order valence-electron chi connectivity index (χ0n) is 11.4. The average molecular weight is 317 g/mol. The molecule has 0 N–H and O–H groups in total. The van der Waals surface area contributed by atoms with E-state index in [2.05, 4.69) is 0 Å². The summed E-state index contributed by atoms with van der Waals surface area (Å²) in [7, 11) is 5.59. The van der Waals surface area contributed by atoms with Crippen LogP contribution in [0.3, 0.4) is 0 Å². The van der Waals surface area contributed by atoms with Crippen molar-refractivity contribution in [3.63, 3.8) is 0 Å². The molecule has 0 bridgehead atoms. The fourth-order valence-corrected chi connectivity index (χ4v) is 3.29. The van der Waals surface area contributed by atoms with E-state index >= 15 is 0 Å². The molecule has 7 heteroatoms. The van der Waals surface area contributed by atoms with Crippen LogP contribution < -0.4 is 4.90 Å². The van der Waals surface area contributed by atoms with Gasteiger partial charge in [0.15, 0.2) is 0 Å². The van der Waals surface area contributed by atoms with Crippen LogP contribution in [0.4, 0.5) is 5.69 Å². The Morgan fingerprint density at radius 2 is 1.90 bits per heavy atom. The van der Waals surface area contributed by atoms with Gasteiger partial charge in [0.1, 0.15) is 5.25 Å². The van der Waals surface area contributed by atoms with E-state index in [0.29, 0.717) is 5.69 Å². The molecule has 2 rings (SSSR count). The van der Waals surface area contributed by atoms with E-state index in [1.807, 2.05) is 43.3 Å². The maximum Gasteiger partial charge on any atom is 0.237 e. The van der Waals surface area contributed by atoms with Crippen molar-refractivity contribution in [2.45, 2.75) is 18.2 Å². The molecule has 5 nitrogen and oxygen atoms in total. The van der Waals surface area contributed by atoms with Gasteiger partial charge in [-0.1, -0.05) is 12.1 Å². The molecule has 1 aromatic carbocycles.